The lowest BCUT2D eigenvalue weighted by Gasteiger charge is -2.12. The lowest BCUT2D eigenvalue weighted by Crippen LogP contribution is -2.26. The van der Waals surface area contributed by atoms with Crippen molar-refractivity contribution in [2.45, 2.75) is 19.9 Å². The van der Waals surface area contributed by atoms with Gasteiger partial charge in [0.2, 0.25) is 0 Å². The van der Waals surface area contributed by atoms with Gasteiger partial charge in [-0.05, 0) is 17.7 Å². The van der Waals surface area contributed by atoms with Crippen LogP contribution in [0.5, 0.6) is 11.5 Å². The van der Waals surface area contributed by atoms with Crippen molar-refractivity contribution < 1.29 is 14.4 Å². The number of nitrogens with one attached hydrogen (secondary N) is 1. The van der Waals surface area contributed by atoms with Crippen LogP contribution in [0.25, 0.3) is 0 Å². The Labute approximate surface area is 118 Å². The molecule has 1 N–H and O–H groups in total. The van der Waals surface area contributed by atoms with Gasteiger partial charge in [-0.15, -0.1) is 0 Å². The molecule has 0 fully saturated rings. The number of nitrogens with zero attached hydrogens (tertiary/aromatic N) is 1. The summed E-state index contributed by atoms with van der Waals surface area (Å²) in [6, 6.07) is 4.84. The van der Waals surface area contributed by atoms with E-state index in [0.29, 0.717) is 18.3 Å². The molecule has 0 saturated heterocycles. The summed E-state index contributed by atoms with van der Waals surface area (Å²) in [6.45, 7) is 8.77. The van der Waals surface area contributed by atoms with Crippen molar-refractivity contribution in [3.05, 3.63) is 40.5 Å². The van der Waals surface area contributed by atoms with Crippen molar-refractivity contribution in [1.29, 1.82) is 0 Å². The van der Waals surface area contributed by atoms with E-state index in [4.69, 9.17) is 9.47 Å². The minimum atomic E-state index is -0.493. The number of hydrogen-bond donors (Lipinski definition) is 1. The second kappa shape index (κ2) is 7.49. The van der Waals surface area contributed by atoms with E-state index >= 15 is 0 Å². The number of ether oxygens (including phenoxy) is 2. The molecule has 6 nitrogen and oxygen atoms in total. The topological polar surface area (TPSA) is 73.6 Å². The van der Waals surface area contributed by atoms with E-state index in [1.165, 1.54) is 19.2 Å². The number of nitro benzene ring substituents is 1. The molecule has 0 spiro atoms. The lowest BCUT2D eigenvalue weighted by molar-refractivity contribution is -0.385. The monoisotopic (exact) mass is 280 g/mol. The van der Waals surface area contributed by atoms with Crippen LogP contribution in [0.2, 0.25) is 0 Å². The van der Waals surface area contributed by atoms with Crippen molar-refractivity contribution in [3.8, 4) is 11.5 Å². The number of nitro groups is 1. The average Bonchev–Trinajstić information content (AvgIpc) is 2.42. The molecule has 1 aromatic rings. The van der Waals surface area contributed by atoms with Gasteiger partial charge in [0.1, 0.15) is 12.4 Å². The van der Waals surface area contributed by atoms with E-state index in [2.05, 4.69) is 11.9 Å². The van der Waals surface area contributed by atoms with Gasteiger partial charge in [-0.3, -0.25) is 10.1 Å². The molecule has 1 aromatic carbocycles. The number of methoxy groups -OCH3 is 1. The van der Waals surface area contributed by atoms with Crippen LogP contribution < -0.4 is 14.8 Å². The Morgan fingerprint density at radius 3 is 2.75 bits per heavy atom. The van der Waals surface area contributed by atoms with Crippen LogP contribution in [-0.2, 0) is 0 Å². The highest BCUT2D eigenvalue weighted by Crippen LogP contribution is 2.31. The van der Waals surface area contributed by atoms with Gasteiger partial charge >= 0.3 is 5.69 Å². The summed E-state index contributed by atoms with van der Waals surface area (Å²) in [5.41, 5.74) is 0.706. The van der Waals surface area contributed by atoms with E-state index in [0.717, 1.165) is 5.57 Å². The minimum absolute atomic E-state index is 0.117. The van der Waals surface area contributed by atoms with Gasteiger partial charge in [-0.1, -0.05) is 20.4 Å². The molecule has 0 heterocycles. The fraction of sp³-hybridized carbons (Fsp3) is 0.429. The standard InChI is InChI=1S/C14H20N2O4/c1-10(2)15-8-11(3)9-20-14-6-5-12(19-4)7-13(14)16(17)18/h5-7,10,15H,3,8-9H2,1-2,4H3. The highest BCUT2D eigenvalue weighted by atomic mass is 16.6. The fourth-order valence-corrected chi connectivity index (χ4v) is 1.47. The maximum atomic E-state index is 11.0. The van der Waals surface area contributed by atoms with Crippen molar-refractivity contribution in [3.63, 3.8) is 0 Å². The van der Waals surface area contributed by atoms with Gasteiger partial charge < -0.3 is 14.8 Å². The summed E-state index contributed by atoms with van der Waals surface area (Å²) in [4.78, 5) is 10.5. The molecule has 1 rings (SSSR count). The summed E-state index contributed by atoms with van der Waals surface area (Å²) in [6.07, 6.45) is 0. The first kappa shape index (κ1) is 16.0. The zero-order valence-electron chi connectivity index (χ0n) is 12.0. The van der Waals surface area contributed by atoms with E-state index in [1.54, 1.807) is 6.07 Å². The Hall–Kier alpha value is -2.08. The first-order valence-electron chi connectivity index (χ1n) is 6.29. The van der Waals surface area contributed by atoms with Crippen LogP contribution in [-0.4, -0.2) is 31.2 Å². The maximum absolute atomic E-state index is 11.0. The Balaban J connectivity index is 2.67. The third-order valence-electron chi connectivity index (χ3n) is 2.55. The van der Waals surface area contributed by atoms with Crippen molar-refractivity contribution in [2.75, 3.05) is 20.3 Å². The van der Waals surface area contributed by atoms with E-state index < -0.39 is 4.92 Å². The molecule has 0 radical (unpaired) electrons. The zero-order chi connectivity index (χ0) is 15.1. The molecule has 20 heavy (non-hydrogen) atoms. The lowest BCUT2D eigenvalue weighted by atomic mass is 10.2. The first-order chi connectivity index (χ1) is 9.43. The molecule has 110 valence electrons. The van der Waals surface area contributed by atoms with Gasteiger partial charge in [0.05, 0.1) is 18.1 Å². The second-order valence-electron chi connectivity index (χ2n) is 4.67. The predicted molar refractivity (Wildman–Crippen MR) is 77.4 cm³/mol. The Kier molecular flexibility index (Phi) is 5.99. The second-order valence-corrected chi connectivity index (χ2v) is 4.67. The van der Waals surface area contributed by atoms with Crippen LogP contribution >= 0.6 is 0 Å². The molecule has 0 aliphatic heterocycles. The van der Waals surface area contributed by atoms with Crippen LogP contribution in [0.3, 0.4) is 0 Å². The normalized spacial score (nSPS) is 10.4. The van der Waals surface area contributed by atoms with Crippen LogP contribution in [0.1, 0.15) is 13.8 Å². The maximum Gasteiger partial charge on any atom is 0.314 e. The van der Waals surface area contributed by atoms with Gasteiger partial charge in [0.15, 0.2) is 5.75 Å². The molecule has 0 aromatic heterocycles. The van der Waals surface area contributed by atoms with Crippen molar-refractivity contribution >= 4 is 5.69 Å². The van der Waals surface area contributed by atoms with Gasteiger partial charge in [0, 0.05) is 12.6 Å². The molecule has 0 aliphatic carbocycles. The summed E-state index contributed by atoms with van der Waals surface area (Å²) in [7, 11) is 1.46. The molecule has 0 amide bonds. The summed E-state index contributed by atoms with van der Waals surface area (Å²) in [5, 5.41) is 14.2. The first-order valence-corrected chi connectivity index (χ1v) is 6.29. The third-order valence-corrected chi connectivity index (χ3v) is 2.55. The predicted octanol–water partition coefficient (Wildman–Crippen LogP) is 2.54. The molecule has 6 heteroatoms. The summed E-state index contributed by atoms with van der Waals surface area (Å²) >= 11 is 0. The minimum Gasteiger partial charge on any atom is -0.496 e. The summed E-state index contributed by atoms with van der Waals surface area (Å²) in [5.74, 6) is 0.630. The summed E-state index contributed by atoms with van der Waals surface area (Å²) < 4.78 is 10.4. The van der Waals surface area contributed by atoms with Crippen LogP contribution in [0, 0.1) is 10.1 Å². The molecule has 0 bridgehead atoms. The molecule has 0 unspecified atom stereocenters. The SMILES string of the molecule is C=C(CNC(C)C)COc1ccc(OC)cc1[N+](=O)[O-]. The highest BCUT2D eigenvalue weighted by molar-refractivity contribution is 5.51. The number of benzene rings is 1. The van der Waals surface area contributed by atoms with Gasteiger partial charge in [-0.25, -0.2) is 0 Å². The number of hydrogen-bond acceptors (Lipinski definition) is 5. The van der Waals surface area contributed by atoms with Crippen molar-refractivity contribution in [2.24, 2.45) is 0 Å². The van der Waals surface area contributed by atoms with E-state index in [9.17, 15) is 10.1 Å². The van der Waals surface area contributed by atoms with Gasteiger partial charge in [-0.2, -0.15) is 0 Å². The number of rotatable bonds is 8. The zero-order valence-corrected chi connectivity index (χ0v) is 12.0. The molecule has 0 aliphatic rings. The largest absolute Gasteiger partial charge is 0.496 e. The van der Waals surface area contributed by atoms with Crippen molar-refractivity contribution in [1.82, 2.24) is 5.32 Å². The molecular weight excluding hydrogens is 260 g/mol. The Morgan fingerprint density at radius 1 is 1.50 bits per heavy atom. The third kappa shape index (κ3) is 4.89. The Bertz CT molecular complexity index is 486. The van der Waals surface area contributed by atoms with Crippen LogP contribution in [0.15, 0.2) is 30.4 Å². The fourth-order valence-electron chi connectivity index (χ4n) is 1.47. The van der Waals surface area contributed by atoms with Crippen LogP contribution in [0.4, 0.5) is 5.69 Å². The molecule has 0 atom stereocenters. The highest BCUT2D eigenvalue weighted by Gasteiger charge is 2.16. The van der Waals surface area contributed by atoms with E-state index in [-0.39, 0.29) is 18.0 Å². The van der Waals surface area contributed by atoms with E-state index in [1.807, 2.05) is 13.8 Å². The molecule has 0 saturated carbocycles. The van der Waals surface area contributed by atoms with Gasteiger partial charge in [0.25, 0.3) is 0 Å². The molecular formula is C14H20N2O4. The average molecular weight is 280 g/mol. The quantitative estimate of drug-likeness (QED) is 0.450. The Morgan fingerprint density at radius 2 is 2.20 bits per heavy atom. The smallest absolute Gasteiger partial charge is 0.314 e.